The fourth-order valence-electron chi connectivity index (χ4n) is 5.73. The van der Waals surface area contributed by atoms with Crippen LogP contribution in [0.15, 0.2) is 54.6 Å². The van der Waals surface area contributed by atoms with Crippen LogP contribution in [0.4, 0.5) is 0 Å². The molecular formula is C32H40ClN7O6. The molecule has 13 nitrogen and oxygen atoms in total. The number of alkyl halides is 1. The number of carbonyl (C=O) groups excluding carboxylic acids is 5. The number of nitrogens with two attached hydrogens (primary N) is 2. The molecule has 0 aliphatic carbocycles. The summed E-state index contributed by atoms with van der Waals surface area (Å²) in [5, 5.41) is 21.2. The van der Waals surface area contributed by atoms with Gasteiger partial charge in [0.05, 0.1) is 29.3 Å². The van der Waals surface area contributed by atoms with Gasteiger partial charge in [-0.05, 0) is 38.8 Å². The van der Waals surface area contributed by atoms with Crippen molar-refractivity contribution in [2.45, 2.75) is 68.8 Å². The molecule has 7 N–H and O–H groups in total. The number of likely N-dealkylation sites (tertiary alicyclic amines) is 1. The first-order valence-electron chi connectivity index (χ1n) is 14.9. The molecule has 1 fully saturated rings. The van der Waals surface area contributed by atoms with Crippen LogP contribution in [-0.2, 0) is 26.2 Å². The van der Waals surface area contributed by atoms with Crippen molar-refractivity contribution in [3.63, 3.8) is 0 Å². The van der Waals surface area contributed by atoms with Crippen LogP contribution in [0.1, 0.15) is 55.7 Å². The standard InChI is InChI=1S/C32H40ClN7O6/c1-32(2,3)37-29(44)22-14-18(33)16-40(22)31(46)28(43)24(25(35)17-10-6-5-7-11-17)27(42)20(15-23(34)41)36-30(45)26-19-12-8-9-13-21(19)39(4)38-26/h5-13,18,20,22,24-25,28,43H,14-16,35H2,1-4H3,(H2,34,41)(H,36,45)(H,37,44)/t18?,20-,22-,24?,25?,28?/m0/s1. The van der Waals surface area contributed by atoms with Crippen molar-refractivity contribution < 1.29 is 29.1 Å². The van der Waals surface area contributed by atoms with Crippen LogP contribution in [0.5, 0.6) is 0 Å². The van der Waals surface area contributed by atoms with Crippen LogP contribution in [-0.4, -0.2) is 84.8 Å². The van der Waals surface area contributed by atoms with E-state index in [1.165, 1.54) is 4.68 Å². The number of primary amides is 1. The van der Waals surface area contributed by atoms with E-state index in [1.54, 1.807) is 82.4 Å². The zero-order valence-electron chi connectivity index (χ0n) is 26.1. The number of hydrogen-bond acceptors (Lipinski definition) is 8. The molecule has 0 saturated carbocycles. The highest BCUT2D eigenvalue weighted by Crippen LogP contribution is 2.30. The molecule has 1 aliphatic heterocycles. The van der Waals surface area contributed by atoms with E-state index in [0.29, 0.717) is 16.5 Å². The van der Waals surface area contributed by atoms with E-state index in [9.17, 15) is 29.1 Å². The molecule has 46 heavy (non-hydrogen) atoms. The molecule has 1 saturated heterocycles. The predicted molar refractivity (Wildman–Crippen MR) is 171 cm³/mol. The molecule has 0 radical (unpaired) electrons. The number of fused-ring (bicyclic) bond motifs is 1. The average Bonchev–Trinajstić information content (AvgIpc) is 3.55. The van der Waals surface area contributed by atoms with E-state index in [0.717, 1.165) is 4.90 Å². The minimum atomic E-state index is -2.07. The van der Waals surface area contributed by atoms with Crippen LogP contribution < -0.4 is 22.1 Å². The van der Waals surface area contributed by atoms with Gasteiger partial charge in [0.2, 0.25) is 11.8 Å². The second kappa shape index (κ2) is 14.0. The van der Waals surface area contributed by atoms with Gasteiger partial charge in [0.1, 0.15) is 12.1 Å². The first-order chi connectivity index (χ1) is 21.6. The Hall–Kier alpha value is -4.33. The summed E-state index contributed by atoms with van der Waals surface area (Å²) in [5.41, 5.74) is 12.5. The summed E-state index contributed by atoms with van der Waals surface area (Å²) < 4.78 is 1.50. The molecule has 246 valence electrons. The fourth-order valence-corrected chi connectivity index (χ4v) is 6.05. The highest BCUT2D eigenvalue weighted by atomic mass is 35.5. The third-order valence-corrected chi connectivity index (χ3v) is 8.17. The third-order valence-electron chi connectivity index (χ3n) is 7.85. The summed E-state index contributed by atoms with van der Waals surface area (Å²) >= 11 is 6.38. The third kappa shape index (κ3) is 7.72. The number of aliphatic hydroxyl groups is 1. The van der Waals surface area contributed by atoms with Crippen molar-refractivity contribution in [2.24, 2.45) is 24.4 Å². The van der Waals surface area contributed by atoms with Gasteiger partial charge in [-0.15, -0.1) is 11.6 Å². The van der Waals surface area contributed by atoms with Crippen molar-refractivity contribution in [1.29, 1.82) is 0 Å². The Bertz CT molecular complexity index is 1620. The van der Waals surface area contributed by atoms with E-state index >= 15 is 0 Å². The zero-order valence-corrected chi connectivity index (χ0v) is 26.9. The molecule has 4 rings (SSSR count). The van der Waals surface area contributed by atoms with Gasteiger partial charge >= 0.3 is 0 Å². The SMILES string of the molecule is Cn1nc(C(=O)N[C@@H](CC(N)=O)C(=O)C(C(O)C(=O)N2CC(Cl)C[C@H]2C(=O)NC(C)(C)C)C(N)c2ccccc2)c2ccccc21. The maximum Gasteiger partial charge on any atom is 0.273 e. The van der Waals surface area contributed by atoms with Crippen LogP contribution in [0, 0.1) is 5.92 Å². The Balaban J connectivity index is 1.70. The Morgan fingerprint density at radius 2 is 1.70 bits per heavy atom. The fraction of sp³-hybridized carbons (Fsp3) is 0.438. The normalized spacial score (nSPS) is 19.2. The number of ketones is 1. The number of halogens is 1. The van der Waals surface area contributed by atoms with Crippen molar-refractivity contribution >= 4 is 51.9 Å². The van der Waals surface area contributed by atoms with Gasteiger partial charge < -0.3 is 32.1 Å². The van der Waals surface area contributed by atoms with E-state index in [-0.39, 0.29) is 18.7 Å². The molecule has 0 spiro atoms. The summed E-state index contributed by atoms with van der Waals surface area (Å²) in [7, 11) is 1.65. The number of rotatable bonds is 11. The molecule has 2 heterocycles. The van der Waals surface area contributed by atoms with Gasteiger partial charge in [-0.2, -0.15) is 5.10 Å². The second-order valence-corrected chi connectivity index (χ2v) is 13.2. The van der Waals surface area contributed by atoms with E-state index in [1.807, 2.05) is 0 Å². The number of nitrogens with one attached hydrogen (secondary N) is 2. The average molecular weight is 654 g/mol. The van der Waals surface area contributed by atoms with Crippen molar-refractivity contribution in [3.05, 3.63) is 65.9 Å². The summed E-state index contributed by atoms with van der Waals surface area (Å²) in [6.07, 6.45) is -2.58. The number of hydrogen-bond donors (Lipinski definition) is 5. The first kappa shape index (κ1) is 34.5. The van der Waals surface area contributed by atoms with Crippen LogP contribution >= 0.6 is 11.6 Å². The molecule has 4 amide bonds. The summed E-state index contributed by atoms with van der Waals surface area (Å²) in [4.78, 5) is 68.2. The number of para-hydroxylation sites is 1. The molecule has 3 aromatic rings. The molecule has 0 bridgehead atoms. The summed E-state index contributed by atoms with van der Waals surface area (Å²) in [5.74, 6) is -5.66. The van der Waals surface area contributed by atoms with Crippen LogP contribution in [0.2, 0.25) is 0 Å². The van der Waals surface area contributed by atoms with Gasteiger partial charge in [-0.25, -0.2) is 0 Å². The minimum Gasteiger partial charge on any atom is -0.382 e. The highest BCUT2D eigenvalue weighted by Gasteiger charge is 2.47. The van der Waals surface area contributed by atoms with E-state index in [4.69, 9.17) is 23.1 Å². The van der Waals surface area contributed by atoms with Gasteiger partial charge in [0, 0.05) is 30.6 Å². The van der Waals surface area contributed by atoms with Gasteiger partial charge in [0.15, 0.2) is 11.5 Å². The summed E-state index contributed by atoms with van der Waals surface area (Å²) in [6.45, 7) is 5.30. The number of nitrogens with zero attached hydrogens (tertiary/aromatic N) is 3. The quantitative estimate of drug-likeness (QED) is 0.188. The molecule has 1 aromatic heterocycles. The first-order valence-corrected chi connectivity index (χ1v) is 15.3. The molecular weight excluding hydrogens is 614 g/mol. The highest BCUT2D eigenvalue weighted by molar-refractivity contribution is 6.21. The molecule has 1 aliphatic rings. The molecule has 6 atom stereocenters. The molecule has 4 unspecified atom stereocenters. The number of aliphatic hydroxyl groups excluding tert-OH is 1. The number of Topliss-reactive ketones (excluding diaryl/α,β-unsaturated/α-hetero) is 1. The number of carbonyl (C=O) groups is 5. The lowest BCUT2D eigenvalue weighted by Gasteiger charge is -2.34. The van der Waals surface area contributed by atoms with Crippen LogP contribution in [0.3, 0.4) is 0 Å². The number of aryl methyl sites for hydroxylation is 1. The Morgan fingerprint density at radius 3 is 2.33 bits per heavy atom. The molecule has 14 heteroatoms. The number of benzene rings is 2. The van der Waals surface area contributed by atoms with E-state index < -0.39 is 76.9 Å². The monoisotopic (exact) mass is 653 g/mol. The molecule has 2 aromatic carbocycles. The smallest absolute Gasteiger partial charge is 0.273 e. The number of amides is 4. The Morgan fingerprint density at radius 1 is 1.07 bits per heavy atom. The van der Waals surface area contributed by atoms with Crippen molar-refractivity contribution in [1.82, 2.24) is 25.3 Å². The lowest BCUT2D eigenvalue weighted by Crippen LogP contribution is -2.57. The summed E-state index contributed by atoms with van der Waals surface area (Å²) in [6, 6.07) is 11.4. The number of aromatic nitrogens is 2. The van der Waals surface area contributed by atoms with Crippen molar-refractivity contribution in [3.8, 4) is 0 Å². The van der Waals surface area contributed by atoms with Crippen LogP contribution in [0.25, 0.3) is 10.9 Å². The van der Waals surface area contributed by atoms with Crippen molar-refractivity contribution in [2.75, 3.05) is 6.54 Å². The minimum absolute atomic E-state index is 0.00109. The second-order valence-electron chi connectivity index (χ2n) is 12.6. The Kier molecular flexibility index (Phi) is 10.5. The lowest BCUT2D eigenvalue weighted by atomic mass is 9.81. The predicted octanol–water partition coefficient (Wildman–Crippen LogP) is 0.916. The lowest BCUT2D eigenvalue weighted by molar-refractivity contribution is -0.152. The Labute approximate surface area is 271 Å². The zero-order chi connectivity index (χ0) is 33.9. The van der Waals surface area contributed by atoms with Gasteiger partial charge in [-0.1, -0.05) is 48.5 Å². The largest absolute Gasteiger partial charge is 0.382 e. The topological polar surface area (TPSA) is 203 Å². The maximum absolute atomic E-state index is 14.3. The van der Waals surface area contributed by atoms with Gasteiger partial charge in [-0.3, -0.25) is 28.7 Å². The maximum atomic E-state index is 14.3. The van der Waals surface area contributed by atoms with Gasteiger partial charge in [0.25, 0.3) is 11.8 Å². The van der Waals surface area contributed by atoms with E-state index in [2.05, 4.69) is 15.7 Å².